The van der Waals surface area contributed by atoms with Gasteiger partial charge in [-0.1, -0.05) is 0 Å². The number of halogens is 1. The van der Waals surface area contributed by atoms with Crippen molar-refractivity contribution in [3.8, 4) is 0 Å². The number of pyridine rings is 1. The standard InChI is InChI=1S/C16H20FN5/c1-12-9-16(20-11-19-12)21(2)14-5-7-22(8-6-14)15-4-3-13(17)10-18-15/h3-4,9-11,14H,5-8H2,1-2H3. The molecule has 1 aliphatic rings. The first kappa shape index (κ1) is 14.7. The molecule has 0 aliphatic carbocycles. The van der Waals surface area contributed by atoms with E-state index in [0.717, 1.165) is 43.3 Å². The Kier molecular flexibility index (Phi) is 4.18. The minimum absolute atomic E-state index is 0.294. The summed E-state index contributed by atoms with van der Waals surface area (Å²) in [5, 5.41) is 0. The third kappa shape index (κ3) is 3.16. The monoisotopic (exact) mass is 301 g/mol. The minimum atomic E-state index is -0.294. The molecule has 0 atom stereocenters. The van der Waals surface area contributed by atoms with E-state index >= 15 is 0 Å². The Labute approximate surface area is 129 Å². The predicted octanol–water partition coefficient (Wildman–Crippen LogP) is 2.42. The zero-order valence-electron chi connectivity index (χ0n) is 12.9. The van der Waals surface area contributed by atoms with Gasteiger partial charge in [0.1, 0.15) is 23.8 Å². The highest BCUT2D eigenvalue weighted by atomic mass is 19.1. The van der Waals surface area contributed by atoms with Crippen LogP contribution in [-0.4, -0.2) is 41.1 Å². The van der Waals surface area contributed by atoms with Crippen molar-refractivity contribution in [2.24, 2.45) is 0 Å². The second-order valence-electron chi connectivity index (χ2n) is 5.68. The first-order valence-electron chi connectivity index (χ1n) is 7.51. The Morgan fingerprint density at radius 1 is 1.18 bits per heavy atom. The first-order valence-corrected chi connectivity index (χ1v) is 7.51. The molecule has 6 heteroatoms. The van der Waals surface area contributed by atoms with Gasteiger partial charge in [-0.3, -0.25) is 0 Å². The summed E-state index contributed by atoms with van der Waals surface area (Å²) in [4.78, 5) is 17.1. The summed E-state index contributed by atoms with van der Waals surface area (Å²) in [6.45, 7) is 3.80. The van der Waals surface area contributed by atoms with Gasteiger partial charge in [-0.15, -0.1) is 0 Å². The van der Waals surface area contributed by atoms with Crippen LogP contribution in [0, 0.1) is 12.7 Å². The Balaban J connectivity index is 1.62. The predicted molar refractivity (Wildman–Crippen MR) is 84.6 cm³/mol. The van der Waals surface area contributed by atoms with E-state index in [9.17, 15) is 4.39 Å². The van der Waals surface area contributed by atoms with Crippen LogP contribution in [0.15, 0.2) is 30.7 Å². The van der Waals surface area contributed by atoms with E-state index in [4.69, 9.17) is 0 Å². The molecule has 0 unspecified atom stereocenters. The van der Waals surface area contributed by atoms with Crippen molar-refractivity contribution in [2.75, 3.05) is 29.9 Å². The van der Waals surface area contributed by atoms with E-state index in [0.29, 0.717) is 6.04 Å². The summed E-state index contributed by atoms with van der Waals surface area (Å²) in [7, 11) is 2.08. The van der Waals surface area contributed by atoms with Gasteiger partial charge in [0, 0.05) is 37.9 Å². The first-order chi connectivity index (χ1) is 10.6. The SMILES string of the molecule is Cc1cc(N(C)C2CCN(c3ccc(F)cn3)CC2)ncn1. The maximum atomic E-state index is 12.9. The summed E-state index contributed by atoms with van der Waals surface area (Å²) in [6.07, 6.45) is 4.94. The molecule has 0 spiro atoms. The largest absolute Gasteiger partial charge is 0.356 e. The van der Waals surface area contributed by atoms with Gasteiger partial charge in [-0.05, 0) is 31.9 Å². The van der Waals surface area contributed by atoms with E-state index in [2.05, 4.69) is 31.8 Å². The van der Waals surface area contributed by atoms with Gasteiger partial charge in [-0.25, -0.2) is 19.3 Å². The number of hydrogen-bond donors (Lipinski definition) is 0. The molecule has 3 heterocycles. The Morgan fingerprint density at radius 3 is 2.59 bits per heavy atom. The average Bonchev–Trinajstić information content (AvgIpc) is 2.55. The maximum Gasteiger partial charge on any atom is 0.141 e. The zero-order valence-corrected chi connectivity index (χ0v) is 12.9. The summed E-state index contributed by atoms with van der Waals surface area (Å²) >= 11 is 0. The van der Waals surface area contributed by atoms with Crippen LogP contribution in [0.3, 0.4) is 0 Å². The quantitative estimate of drug-likeness (QED) is 0.871. The van der Waals surface area contributed by atoms with Crippen molar-refractivity contribution >= 4 is 11.6 Å². The maximum absolute atomic E-state index is 12.9. The Bertz CT molecular complexity index is 623. The lowest BCUT2D eigenvalue weighted by molar-refractivity contribution is 0.477. The van der Waals surface area contributed by atoms with Crippen molar-refractivity contribution in [1.82, 2.24) is 15.0 Å². The average molecular weight is 301 g/mol. The molecule has 0 N–H and O–H groups in total. The molecule has 5 nitrogen and oxygen atoms in total. The Hall–Kier alpha value is -2.24. The fourth-order valence-corrected chi connectivity index (χ4v) is 2.86. The molecule has 1 aliphatic heterocycles. The number of nitrogens with zero attached hydrogens (tertiary/aromatic N) is 5. The van der Waals surface area contributed by atoms with E-state index in [1.54, 1.807) is 12.4 Å². The third-order valence-electron chi connectivity index (χ3n) is 4.20. The van der Waals surface area contributed by atoms with Crippen LogP contribution in [0.4, 0.5) is 16.0 Å². The molecule has 0 amide bonds. The van der Waals surface area contributed by atoms with Crippen molar-refractivity contribution in [2.45, 2.75) is 25.8 Å². The second-order valence-corrected chi connectivity index (χ2v) is 5.68. The van der Waals surface area contributed by atoms with Gasteiger partial charge in [-0.2, -0.15) is 0 Å². The van der Waals surface area contributed by atoms with Crippen molar-refractivity contribution in [3.05, 3.63) is 42.2 Å². The van der Waals surface area contributed by atoms with Crippen LogP contribution in [0.2, 0.25) is 0 Å². The lowest BCUT2D eigenvalue weighted by Gasteiger charge is -2.37. The highest BCUT2D eigenvalue weighted by Gasteiger charge is 2.24. The van der Waals surface area contributed by atoms with Gasteiger partial charge < -0.3 is 9.80 Å². The molecule has 116 valence electrons. The van der Waals surface area contributed by atoms with Gasteiger partial charge in [0.15, 0.2) is 0 Å². The van der Waals surface area contributed by atoms with E-state index in [-0.39, 0.29) is 5.82 Å². The topological polar surface area (TPSA) is 45.2 Å². The fraction of sp³-hybridized carbons (Fsp3) is 0.438. The number of aryl methyl sites for hydroxylation is 1. The minimum Gasteiger partial charge on any atom is -0.356 e. The van der Waals surface area contributed by atoms with Gasteiger partial charge >= 0.3 is 0 Å². The Morgan fingerprint density at radius 2 is 1.95 bits per heavy atom. The number of piperidine rings is 1. The zero-order chi connectivity index (χ0) is 15.5. The van der Waals surface area contributed by atoms with Crippen molar-refractivity contribution < 1.29 is 4.39 Å². The van der Waals surface area contributed by atoms with E-state index < -0.39 is 0 Å². The highest BCUT2D eigenvalue weighted by molar-refractivity contribution is 5.42. The lowest BCUT2D eigenvalue weighted by Crippen LogP contribution is -2.44. The van der Waals surface area contributed by atoms with Crippen LogP contribution in [0.25, 0.3) is 0 Å². The molecule has 0 aromatic carbocycles. The van der Waals surface area contributed by atoms with Crippen LogP contribution in [-0.2, 0) is 0 Å². The normalized spacial score (nSPS) is 15.9. The highest BCUT2D eigenvalue weighted by Crippen LogP contribution is 2.23. The van der Waals surface area contributed by atoms with Crippen LogP contribution < -0.4 is 9.80 Å². The lowest BCUT2D eigenvalue weighted by atomic mass is 10.0. The molecule has 0 radical (unpaired) electrons. The van der Waals surface area contributed by atoms with Crippen molar-refractivity contribution in [3.63, 3.8) is 0 Å². The molecular formula is C16H20FN5. The molecule has 2 aromatic rings. The number of rotatable bonds is 3. The summed E-state index contributed by atoms with van der Waals surface area (Å²) in [6, 6.07) is 5.66. The van der Waals surface area contributed by atoms with Crippen LogP contribution >= 0.6 is 0 Å². The summed E-state index contributed by atoms with van der Waals surface area (Å²) < 4.78 is 12.9. The number of hydrogen-bond acceptors (Lipinski definition) is 5. The molecule has 2 aromatic heterocycles. The number of anilines is 2. The summed E-state index contributed by atoms with van der Waals surface area (Å²) in [5.41, 5.74) is 0.977. The van der Waals surface area contributed by atoms with Gasteiger partial charge in [0.05, 0.1) is 6.20 Å². The summed E-state index contributed by atoms with van der Waals surface area (Å²) in [5.74, 6) is 1.52. The van der Waals surface area contributed by atoms with E-state index in [1.807, 2.05) is 13.0 Å². The smallest absolute Gasteiger partial charge is 0.141 e. The van der Waals surface area contributed by atoms with Gasteiger partial charge in [0.25, 0.3) is 0 Å². The van der Waals surface area contributed by atoms with E-state index in [1.165, 1.54) is 12.3 Å². The third-order valence-corrected chi connectivity index (χ3v) is 4.20. The molecule has 22 heavy (non-hydrogen) atoms. The fourth-order valence-electron chi connectivity index (χ4n) is 2.86. The molecule has 1 saturated heterocycles. The molecule has 0 saturated carbocycles. The van der Waals surface area contributed by atoms with Crippen molar-refractivity contribution in [1.29, 1.82) is 0 Å². The second kappa shape index (κ2) is 6.25. The number of aromatic nitrogens is 3. The molecule has 0 bridgehead atoms. The van der Waals surface area contributed by atoms with Crippen LogP contribution in [0.1, 0.15) is 18.5 Å². The van der Waals surface area contributed by atoms with Gasteiger partial charge in [0.2, 0.25) is 0 Å². The van der Waals surface area contributed by atoms with Crippen LogP contribution in [0.5, 0.6) is 0 Å². The molecule has 1 fully saturated rings. The molecular weight excluding hydrogens is 281 g/mol. The molecule has 3 rings (SSSR count).